The van der Waals surface area contributed by atoms with E-state index in [9.17, 15) is 0 Å². The number of fused-ring (bicyclic) bond motifs is 2. The summed E-state index contributed by atoms with van der Waals surface area (Å²) in [6.07, 6.45) is 1.08. The highest BCUT2D eigenvalue weighted by atomic mass is 16.5. The molecule has 0 heterocycles. The second kappa shape index (κ2) is 9.19. The fraction of sp³-hybridized carbons (Fsp3) is 0.259. The molecule has 30 heavy (non-hydrogen) atoms. The zero-order chi connectivity index (χ0) is 20.9. The van der Waals surface area contributed by atoms with Crippen molar-refractivity contribution in [2.24, 2.45) is 0 Å². The van der Waals surface area contributed by atoms with Crippen LogP contribution in [-0.2, 0) is 13.1 Å². The summed E-state index contributed by atoms with van der Waals surface area (Å²) in [5.74, 6) is 1.89. The van der Waals surface area contributed by atoms with E-state index in [4.69, 9.17) is 9.47 Å². The summed E-state index contributed by atoms with van der Waals surface area (Å²) in [5, 5.41) is 4.99. The molecule has 0 amide bonds. The fourth-order valence-electron chi connectivity index (χ4n) is 4.32. The van der Waals surface area contributed by atoms with Gasteiger partial charge in [-0.25, -0.2) is 0 Å². The van der Waals surface area contributed by atoms with Gasteiger partial charge >= 0.3 is 0 Å². The van der Waals surface area contributed by atoms with Gasteiger partial charge < -0.3 is 9.47 Å². The maximum absolute atomic E-state index is 5.75. The molecule has 4 rings (SSSR count). The predicted octanol–water partition coefficient (Wildman–Crippen LogP) is 6.42. The van der Waals surface area contributed by atoms with Crippen molar-refractivity contribution in [3.05, 3.63) is 83.9 Å². The quantitative estimate of drug-likeness (QED) is 0.341. The number of nitrogens with zero attached hydrogens (tertiary/aromatic N) is 1. The van der Waals surface area contributed by atoms with Crippen LogP contribution in [0.3, 0.4) is 0 Å². The van der Waals surface area contributed by atoms with Crippen molar-refractivity contribution in [3.8, 4) is 11.5 Å². The van der Waals surface area contributed by atoms with Gasteiger partial charge in [0.05, 0.1) is 14.2 Å². The highest BCUT2D eigenvalue weighted by Crippen LogP contribution is 2.32. The Kier molecular flexibility index (Phi) is 6.20. The number of ether oxygens (including phenoxy) is 2. The summed E-state index contributed by atoms with van der Waals surface area (Å²) in [7, 11) is 3.51. The first kappa shape index (κ1) is 20.2. The number of hydrogen-bond donors (Lipinski definition) is 0. The third kappa shape index (κ3) is 3.99. The van der Waals surface area contributed by atoms with Gasteiger partial charge in [-0.3, -0.25) is 4.90 Å². The Morgan fingerprint density at radius 1 is 0.633 bits per heavy atom. The van der Waals surface area contributed by atoms with Crippen LogP contribution in [0.2, 0.25) is 0 Å². The molecule has 0 aliphatic rings. The van der Waals surface area contributed by atoms with E-state index in [1.165, 1.54) is 32.7 Å². The molecule has 0 unspecified atom stereocenters. The highest BCUT2D eigenvalue weighted by molar-refractivity contribution is 5.88. The van der Waals surface area contributed by atoms with Crippen molar-refractivity contribution in [1.82, 2.24) is 4.90 Å². The zero-order valence-electron chi connectivity index (χ0n) is 18.0. The van der Waals surface area contributed by atoms with E-state index in [-0.39, 0.29) is 0 Å². The standard InChI is InChI=1S/C27H29NO2/c1-4-17-28(18-24-22-11-7-5-9-20(22)13-15-26(24)29-2)19-25-23-12-8-6-10-21(23)14-16-27(25)30-3/h5-16H,4,17-19H2,1-3H3. The second-order valence-electron chi connectivity index (χ2n) is 7.65. The average Bonchev–Trinajstić information content (AvgIpc) is 2.79. The molecule has 4 aromatic carbocycles. The van der Waals surface area contributed by atoms with Crippen molar-refractivity contribution in [2.45, 2.75) is 26.4 Å². The molecule has 0 aromatic heterocycles. The molecular weight excluding hydrogens is 370 g/mol. The van der Waals surface area contributed by atoms with Gasteiger partial charge in [0.15, 0.2) is 0 Å². The van der Waals surface area contributed by atoms with Crippen molar-refractivity contribution < 1.29 is 9.47 Å². The Hall–Kier alpha value is -3.04. The lowest BCUT2D eigenvalue weighted by Crippen LogP contribution is -2.24. The molecule has 0 aliphatic carbocycles. The first-order chi connectivity index (χ1) is 14.7. The third-order valence-electron chi connectivity index (χ3n) is 5.74. The monoisotopic (exact) mass is 399 g/mol. The molecule has 0 fully saturated rings. The molecule has 4 aromatic rings. The third-order valence-corrected chi connectivity index (χ3v) is 5.74. The maximum Gasteiger partial charge on any atom is 0.123 e. The SMILES string of the molecule is CCCN(Cc1c(OC)ccc2ccccc12)Cc1c(OC)ccc2ccccc12. The van der Waals surface area contributed by atoms with Gasteiger partial charge in [-0.1, -0.05) is 67.6 Å². The Bertz CT molecular complexity index is 1060. The van der Waals surface area contributed by atoms with Gasteiger partial charge in [0.2, 0.25) is 0 Å². The van der Waals surface area contributed by atoms with Gasteiger partial charge in [0, 0.05) is 24.2 Å². The first-order valence-corrected chi connectivity index (χ1v) is 10.6. The number of rotatable bonds is 8. The Morgan fingerprint density at radius 2 is 1.10 bits per heavy atom. The fourth-order valence-corrected chi connectivity index (χ4v) is 4.32. The van der Waals surface area contributed by atoms with Gasteiger partial charge in [0.1, 0.15) is 11.5 Å². The van der Waals surface area contributed by atoms with E-state index in [1.54, 1.807) is 14.2 Å². The van der Waals surface area contributed by atoms with Gasteiger partial charge in [-0.15, -0.1) is 0 Å². The lowest BCUT2D eigenvalue weighted by atomic mass is 10.0. The first-order valence-electron chi connectivity index (χ1n) is 10.6. The molecule has 0 N–H and O–H groups in total. The van der Waals surface area contributed by atoms with Crippen LogP contribution in [0.25, 0.3) is 21.5 Å². The average molecular weight is 400 g/mol. The van der Waals surface area contributed by atoms with Crippen LogP contribution in [0.4, 0.5) is 0 Å². The van der Waals surface area contributed by atoms with Crippen LogP contribution >= 0.6 is 0 Å². The van der Waals surface area contributed by atoms with E-state index in [0.717, 1.165) is 37.6 Å². The normalized spacial score (nSPS) is 11.3. The molecular formula is C27H29NO2. The van der Waals surface area contributed by atoms with Crippen LogP contribution in [0.5, 0.6) is 11.5 Å². The summed E-state index contributed by atoms with van der Waals surface area (Å²) in [6, 6.07) is 25.5. The van der Waals surface area contributed by atoms with Crippen LogP contribution in [-0.4, -0.2) is 25.7 Å². The van der Waals surface area contributed by atoms with Gasteiger partial charge in [-0.2, -0.15) is 0 Å². The molecule has 154 valence electrons. The topological polar surface area (TPSA) is 21.7 Å². The van der Waals surface area contributed by atoms with Crippen molar-refractivity contribution in [3.63, 3.8) is 0 Å². The molecule has 0 radical (unpaired) electrons. The zero-order valence-corrected chi connectivity index (χ0v) is 18.0. The molecule has 0 saturated carbocycles. The minimum Gasteiger partial charge on any atom is -0.496 e. The smallest absolute Gasteiger partial charge is 0.123 e. The van der Waals surface area contributed by atoms with Gasteiger partial charge in [0.25, 0.3) is 0 Å². The summed E-state index contributed by atoms with van der Waals surface area (Å²) in [5.41, 5.74) is 2.48. The molecule has 0 bridgehead atoms. The molecule has 0 saturated heterocycles. The number of hydrogen-bond acceptors (Lipinski definition) is 3. The van der Waals surface area contributed by atoms with Crippen LogP contribution in [0.1, 0.15) is 24.5 Å². The number of methoxy groups -OCH3 is 2. The van der Waals surface area contributed by atoms with E-state index in [1.807, 2.05) is 0 Å². The Morgan fingerprint density at radius 3 is 1.53 bits per heavy atom. The molecule has 0 aliphatic heterocycles. The minimum atomic E-state index is 0.824. The van der Waals surface area contributed by atoms with E-state index >= 15 is 0 Å². The van der Waals surface area contributed by atoms with E-state index in [2.05, 4.69) is 84.6 Å². The molecule has 3 nitrogen and oxygen atoms in total. The van der Waals surface area contributed by atoms with Crippen LogP contribution in [0.15, 0.2) is 72.8 Å². The predicted molar refractivity (Wildman–Crippen MR) is 125 cm³/mol. The Balaban J connectivity index is 1.75. The summed E-state index contributed by atoms with van der Waals surface area (Å²) in [6.45, 7) is 4.88. The summed E-state index contributed by atoms with van der Waals surface area (Å²) < 4.78 is 11.5. The minimum absolute atomic E-state index is 0.824. The largest absolute Gasteiger partial charge is 0.496 e. The highest BCUT2D eigenvalue weighted by Gasteiger charge is 2.16. The van der Waals surface area contributed by atoms with Crippen molar-refractivity contribution >= 4 is 21.5 Å². The van der Waals surface area contributed by atoms with E-state index in [0.29, 0.717) is 0 Å². The van der Waals surface area contributed by atoms with Crippen LogP contribution < -0.4 is 9.47 Å². The Labute approximate surface area is 178 Å². The molecule has 3 heteroatoms. The lowest BCUT2D eigenvalue weighted by Gasteiger charge is -2.25. The van der Waals surface area contributed by atoms with Crippen molar-refractivity contribution in [1.29, 1.82) is 0 Å². The van der Waals surface area contributed by atoms with Crippen molar-refractivity contribution in [2.75, 3.05) is 20.8 Å². The van der Waals surface area contributed by atoms with Gasteiger partial charge in [-0.05, 0) is 46.6 Å². The lowest BCUT2D eigenvalue weighted by molar-refractivity contribution is 0.251. The summed E-state index contributed by atoms with van der Waals surface area (Å²) in [4.78, 5) is 2.49. The van der Waals surface area contributed by atoms with E-state index < -0.39 is 0 Å². The molecule has 0 atom stereocenters. The summed E-state index contributed by atoms with van der Waals surface area (Å²) >= 11 is 0. The molecule has 0 spiro atoms. The second-order valence-corrected chi connectivity index (χ2v) is 7.65. The van der Waals surface area contributed by atoms with Crippen LogP contribution in [0, 0.1) is 0 Å². The maximum atomic E-state index is 5.75. The number of benzene rings is 4.